The summed E-state index contributed by atoms with van der Waals surface area (Å²) in [7, 11) is -1.90. The minimum atomic E-state index is -0.974. The summed E-state index contributed by atoms with van der Waals surface area (Å²) in [5.41, 5.74) is 7.78. The monoisotopic (exact) mass is 678 g/mol. The molecule has 0 fully saturated rings. The molecule has 0 amide bonds. The van der Waals surface area contributed by atoms with E-state index in [-0.39, 0.29) is 0 Å². The second-order valence-electron chi connectivity index (χ2n) is 13.4. The maximum absolute atomic E-state index is 2.54. The van der Waals surface area contributed by atoms with Crippen LogP contribution in [0.2, 0.25) is 0 Å². The van der Waals surface area contributed by atoms with Gasteiger partial charge in [0.25, 0.3) is 0 Å². The first-order chi connectivity index (χ1) is 24.4. The molecule has 8 aromatic rings. The van der Waals surface area contributed by atoms with Crippen molar-refractivity contribution >= 4 is 69.2 Å². The summed E-state index contributed by atoms with van der Waals surface area (Å²) in [6.07, 6.45) is 0. The van der Waals surface area contributed by atoms with E-state index in [9.17, 15) is 0 Å². The van der Waals surface area contributed by atoms with Gasteiger partial charge < -0.3 is 0 Å². The Morgan fingerprint density at radius 1 is 0.340 bits per heavy atom. The molecule has 8 rings (SSSR count). The Morgan fingerprint density at radius 2 is 0.740 bits per heavy atom. The summed E-state index contributed by atoms with van der Waals surface area (Å²) in [6, 6.07) is 64.7. The number of benzene rings is 8. The van der Waals surface area contributed by atoms with E-state index in [2.05, 4.69) is 198 Å². The van der Waals surface area contributed by atoms with Crippen LogP contribution < -0.4 is 31.8 Å². The van der Waals surface area contributed by atoms with E-state index in [0.29, 0.717) is 0 Å². The first kappa shape index (κ1) is 32.4. The highest BCUT2D eigenvalue weighted by Crippen LogP contribution is 2.46. The SMILES string of the molecule is Cc1ccc(P(c2ccc(C)cc2)c2cc3ccccc3c(-c3cccc4ccccc34)c2P(c2ccc(C)cc2)c2ccc(C)cc2)cc1. The Morgan fingerprint density at radius 3 is 1.24 bits per heavy atom. The molecule has 0 aliphatic carbocycles. The van der Waals surface area contributed by atoms with Crippen molar-refractivity contribution in [3.8, 4) is 11.1 Å². The second kappa shape index (κ2) is 13.8. The fourth-order valence-electron chi connectivity index (χ4n) is 7.04. The smallest absolute Gasteiger partial charge is 0.00177 e. The molecule has 0 saturated carbocycles. The zero-order valence-electron chi connectivity index (χ0n) is 29.1. The van der Waals surface area contributed by atoms with E-state index < -0.39 is 15.8 Å². The van der Waals surface area contributed by atoms with Crippen molar-refractivity contribution in [1.29, 1.82) is 0 Å². The number of hydrogen-bond donors (Lipinski definition) is 0. The molecule has 0 spiro atoms. The van der Waals surface area contributed by atoms with Gasteiger partial charge in [-0.3, -0.25) is 0 Å². The predicted molar refractivity (Wildman–Crippen MR) is 223 cm³/mol. The van der Waals surface area contributed by atoms with Gasteiger partial charge in [-0.1, -0.05) is 186 Å². The number of rotatable bonds is 7. The third-order valence-electron chi connectivity index (χ3n) is 9.69. The third kappa shape index (κ3) is 6.20. The minimum absolute atomic E-state index is 0.924. The Kier molecular flexibility index (Phi) is 8.93. The van der Waals surface area contributed by atoms with Gasteiger partial charge in [0.15, 0.2) is 0 Å². The maximum Gasteiger partial charge on any atom is 0.00177 e. The average Bonchev–Trinajstić information content (AvgIpc) is 3.14. The normalized spacial score (nSPS) is 11.6. The van der Waals surface area contributed by atoms with Crippen LogP contribution in [0.1, 0.15) is 22.3 Å². The van der Waals surface area contributed by atoms with E-state index in [0.717, 1.165) is 0 Å². The quantitative estimate of drug-likeness (QED) is 0.147. The molecule has 0 N–H and O–H groups in total. The van der Waals surface area contributed by atoms with Crippen LogP contribution in [-0.2, 0) is 0 Å². The molecular formula is C48H40P2. The van der Waals surface area contributed by atoms with E-state index in [1.54, 1.807) is 0 Å². The Balaban J connectivity index is 1.58. The van der Waals surface area contributed by atoms with Crippen LogP contribution in [0.5, 0.6) is 0 Å². The van der Waals surface area contributed by atoms with Crippen LogP contribution in [-0.4, -0.2) is 0 Å². The molecule has 0 saturated heterocycles. The summed E-state index contributed by atoms with van der Waals surface area (Å²) in [5, 5.41) is 13.5. The molecule has 8 aromatic carbocycles. The van der Waals surface area contributed by atoms with Crippen molar-refractivity contribution in [3.63, 3.8) is 0 Å². The highest BCUT2D eigenvalue weighted by Gasteiger charge is 2.31. The zero-order chi connectivity index (χ0) is 34.2. The van der Waals surface area contributed by atoms with E-state index in [4.69, 9.17) is 0 Å². The Hall–Kier alpha value is -4.86. The van der Waals surface area contributed by atoms with E-state index in [1.807, 2.05) is 0 Å². The first-order valence-electron chi connectivity index (χ1n) is 17.4. The largest absolute Gasteiger partial charge is 0.0616 e. The molecular weight excluding hydrogens is 638 g/mol. The van der Waals surface area contributed by atoms with Gasteiger partial charge in [0.05, 0.1) is 0 Å². The fraction of sp³-hybridized carbons (Fsp3) is 0.0833. The molecule has 0 unspecified atom stereocenters. The number of hydrogen-bond acceptors (Lipinski definition) is 0. The number of aryl methyl sites for hydroxylation is 4. The lowest BCUT2D eigenvalue weighted by molar-refractivity contribution is 1.49. The van der Waals surface area contributed by atoms with Gasteiger partial charge in [0, 0.05) is 5.30 Å². The van der Waals surface area contributed by atoms with Crippen LogP contribution in [0, 0.1) is 27.7 Å². The lowest BCUT2D eigenvalue weighted by Crippen LogP contribution is -2.36. The summed E-state index contributed by atoms with van der Waals surface area (Å²) in [4.78, 5) is 0. The highest BCUT2D eigenvalue weighted by atomic mass is 31.1. The molecule has 0 aromatic heterocycles. The summed E-state index contributed by atoms with van der Waals surface area (Å²) < 4.78 is 0. The predicted octanol–water partition coefficient (Wildman–Crippen LogP) is 10.4. The molecule has 50 heavy (non-hydrogen) atoms. The molecule has 0 aliphatic heterocycles. The highest BCUT2D eigenvalue weighted by molar-refractivity contribution is 7.85. The van der Waals surface area contributed by atoms with Crippen molar-refractivity contribution in [2.75, 3.05) is 0 Å². The average molecular weight is 679 g/mol. The summed E-state index contributed by atoms with van der Waals surface area (Å²) >= 11 is 0. The van der Waals surface area contributed by atoms with Gasteiger partial charge in [-0.25, -0.2) is 0 Å². The molecule has 242 valence electrons. The van der Waals surface area contributed by atoms with E-state index in [1.165, 1.54) is 86.8 Å². The van der Waals surface area contributed by atoms with Crippen molar-refractivity contribution in [3.05, 3.63) is 192 Å². The van der Waals surface area contributed by atoms with Gasteiger partial charge >= 0.3 is 0 Å². The van der Waals surface area contributed by atoms with Gasteiger partial charge in [-0.15, -0.1) is 0 Å². The van der Waals surface area contributed by atoms with E-state index >= 15 is 0 Å². The zero-order valence-corrected chi connectivity index (χ0v) is 30.8. The lowest BCUT2D eigenvalue weighted by atomic mass is 9.94. The number of fused-ring (bicyclic) bond motifs is 2. The molecule has 0 atom stereocenters. The topological polar surface area (TPSA) is 0 Å². The van der Waals surface area contributed by atoms with Crippen molar-refractivity contribution < 1.29 is 0 Å². The standard InChI is InChI=1S/C48H40P2/c1-33-16-24-39(25-17-33)49(40-26-18-34(2)19-27-40)46-32-38-11-6-8-14-44(38)47(45-15-9-12-37-10-5-7-13-43(37)45)48(46)50(41-28-20-35(3)21-29-41)42-30-22-36(4)23-31-42/h5-32H,1-4H3. The molecule has 0 radical (unpaired) electrons. The first-order valence-corrected chi connectivity index (χ1v) is 20.0. The van der Waals surface area contributed by atoms with Gasteiger partial charge in [-0.05, 0) is 109 Å². The Labute approximate surface area is 299 Å². The lowest BCUT2D eigenvalue weighted by Gasteiger charge is -2.31. The Bertz CT molecular complexity index is 2340. The molecule has 0 aliphatic rings. The van der Waals surface area contributed by atoms with Crippen LogP contribution in [0.4, 0.5) is 0 Å². The molecule has 0 nitrogen and oxygen atoms in total. The summed E-state index contributed by atoms with van der Waals surface area (Å²) in [6.45, 7) is 8.75. The van der Waals surface area contributed by atoms with Crippen LogP contribution in [0.3, 0.4) is 0 Å². The van der Waals surface area contributed by atoms with Crippen molar-refractivity contribution in [2.24, 2.45) is 0 Å². The second-order valence-corrected chi connectivity index (χ2v) is 17.7. The van der Waals surface area contributed by atoms with Crippen LogP contribution in [0.15, 0.2) is 170 Å². The molecule has 0 heterocycles. The van der Waals surface area contributed by atoms with Crippen LogP contribution in [0.25, 0.3) is 32.7 Å². The fourth-order valence-corrected chi connectivity index (χ4v) is 12.5. The maximum atomic E-state index is 2.54. The summed E-state index contributed by atoms with van der Waals surface area (Å²) in [5.74, 6) is 0. The van der Waals surface area contributed by atoms with Crippen LogP contribution >= 0.6 is 15.8 Å². The van der Waals surface area contributed by atoms with Gasteiger partial charge in [0.1, 0.15) is 0 Å². The minimum Gasteiger partial charge on any atom is -0.0616 e. The van der Waals surface area contributed by atoms with Crippen molar-refractivity contribution in [2.45, 2.75) is 27.7 Å². The van der Waals surface area contributed by atoms with Gasteiger partial charge in [0.2, 0.25) is 0 Å². The molecule has 0 bridgehead atoms. The third-order valence-corrected chi connectivity index (χ3v) is 14.9. The van der Waals surface area contributed by atoms with Gasteiger partial charge in [-0.2, -0.15) is 0 Å². The molecule has 2 heteroatoms. The van der Waals surface area contributed by atoms with Crippen molar-refractivity contribution in [1.82, 2.24) is 0 Å².